The van der Waals surface area contributed by atoms with Crippen molar-refractivity contribution in [1.29, 1.82) is 0 Å². The van der Waals surface area contributed by atoms with E-state index in [0.717, 1.165) is 6.26 Å². The van der Waals surface area contributed by atoms with Gasteiger partial charge in [0.15, 0.2) is 17.3 Å². The molecule has 0 radical (unpaired) electrons. The maximum atomic E-state index is 12.3. The first-order chi connectivity index (χ1) is 12.0. The summed E-state index contributed by atoms with van der Waals surface area (Å²) in [4.78, 5) is 20.4. The minimum Gasteiger partial charge on any atom is -0.455 e. The van der Waals surface area contributed by atoms with Gasteiger partial charge in [0.05, 0.1) is 30.4 Å². The van der Waals surface area contributed by atoms with Gasteiger partial charge in [-0.05, 0) is 20.8 Å². The van der Waals surface area contributed by atoms with E-state index in [1.807, 2.05) is 13.8 Å². The summed E-state index contributed by atoms with van der Waals surface area (Å²) >= 11 is 0. The molecule has 0 aliphatic rings. The van der Waals surface area contributed by atoms with Gasteiger partial charge in [-0.1, -0.05) is 13.8 Å². The van der Waals surface area contributed by atoms with Crippen LogP contribution in [0.3, 0.4) is 0 Å². The lowest BCUT2D eigenvalue weighted by Gasteiger charge is -2.19. The van der Waals surface area contributed by atoms with Crippen molar-refractivity contribution in [3.63, 3.8) is 0 Å². The number of aryl methyl sites for hydroxylation is 1. The molecule has 0 spiro atoms. The first-order valence-electron chi connectivity index (χ1n) is 7.93. The molecule has 0 aliphatic carbocycles. The van der Waals surface area contributed by atoms with E-state index in [9.17, 15) is 13.2 Å². The van der Waals surface area contributed by atoms with Crippen molar-refractivity contribution in [3.8, 4) is 17.1 Å². The van der Waals surface area contributed by atoms with Crippen LogP contribution >= 0.6 is 0 Å². The van der Waals surface area contributed by atoms with Crippen LogP contribution in [0.4, 0.5) is 0 Å². The molecule has 2 aromatic rings. The summed E-state index contributed by atoms with van der Waals surface area (Å²) in [6.45, 7) is 9.28. The number of ether oxygens (including phenoxy) is 1. The molecule has 0 saturated carbocycles. The molecule has 0 bridgehead atoms. The molecule has 26 heavy (non-hydrogen) atoms. The number of hydrogen-bond acceptors (Lipinski definition) is 8. The van der Waals surface area contributed by atoms with Crippen molar-refractivity contribution >= 4 is 16.1 Å². The molecule has 10 heteroatoms. The van der Waals surface area contributed by atoms with Crippen molar-refractivity contribution < 1.29 is 22.1 Å². The van der Waals surface area contributed by atoms with E-state index in [4.69, 9.17) is 4.74 Å². The number of esters is 1. The van der Waals surface area contributed by atoms with Gasteiger partial charge in [0.25, 0.3) is 0 Å². The average Bonchev–Trinajstić information content (AvgIpc) is 2.88. The van der Waals surface area contributed by atoms with Crippen LogP contribution in [0.25, 0.3) is 11.4 Å². The lowest BCUT2D eigenvalue weighted by atomic mass is 10.2. The maximum absolute atomic E-state index is 12.3. The number of carbonyl (C=O) groups is 1. The normalized spacial score (nSPS) is 11.3. The van der Waals surface area contributed by atoms with Gasteiger partial charge in [0, 0.05) is 7.05 Å². The lowest BCUT2D eigenvalue weighted by molar-refractivity contribution is 0.00584. The summed E-state index contributed by atoms with van der Waals surface area (Å²) in [6.07, 6.45) is 4.76. The minimum atomic E-state index is -3.66. The largest absolute Gasteiger partial charge is 0.455 e. The fourth-order valence-electron chi connectivity index (χ4n) is 1.84. The third-order valence-electron chi connectivity index (χ3n) is 2.65. The molecule has 0 amide bonds. The standard InChI is InChI=1S/C14H18N4O5S.C2H6/c1-14(2,3)22-13(19)11-10(8-17-18(11)4)12-15-6-9(7-16-12)23-24(5,20)21;1-2/h6-8H,1-5H3;1-2H3. The van der Waals surface area contributed by atoms with Gasteiger partial charge in [0.2, 0.25) is 0 Å². The highest BCUT2D eigenvalue weighted by Gasteiger charge is 2.25. The predicted molar refractivity (Wildman–Crippen MR) is 96.2 cm³/mol. The zero-order chi connectivity index (χ0) is 20.1. The smallest absolute Gasteiger partial charge is 0.357 e. The molecule has 2 aromatic heterocycles. The topological polar surface area (TPSA) is 113 Å². The summed E-state index contributed by atoms with van der Waals surface area (Å²) in [5, 5.41) is 4.03. The Morgan fingerprint density at radius 1 is 1.12 bits per heavy atom. The van der Waals surface area contributed by atoms with E-state index in [1.54, 1.807) is 27.8 Å². The molecular formula is C16H24N4O5S. The van der Waals surface area contributed by atoms with E-state index in [-0.39, 0.29) is 17.3 Å². The van der Waals surface area contributed by atoms with E-state index in [1.165, 1.54) is 23.3 Å². The first kappa shape index (κ1) is 21.6. The predicted octanol–water partition coefficient (Wildman–Crippen LogP) is 2.20. The number of rotatable bonds is 4. The van der Waals surface area contributed by atoms with Crippen molar-refractivity contribution in [2.75, 3.05) is 6.26 Å². The number of hydrogen-bond donors (Lipinski definition) is 0. The van der Waals surface area contributed by atoms with E-state index >= 15 is 0 Å². The van der Waals surface area contributed by atoms with Crippen LogP contribution in [0.2, 0.25) is 0 Å². The van der Waals surface area contributed by atoms with Crippen LogP contribution < -0.4 is 4.18 Å². The molecular weight excluding hydrogens is 360 g/mol. The SMILES string of the molecule is CC.Cn1ncc(-c2ncc(OS(C)(=O)=O)cn2)c1C(=O)OC(C)(C)C. The summed E-state index contributed by atoms with van der Waals surface area (Å²) in [7, 11) is -2.06. The van der Waals surface area contributed by atoms with Gasteiger partial charge in [-0.15, -0.1) is 0 Å². The molecule has 0 saturated heterocycles. The quantitative estimate of drug-likeness (QED) is 0.582. The molecule has 0 fully saturated rings. The molecule has 0 N–H and O–H groups in total. The molecule has 0 atom stereocenters. The third-order valence-corrected chi connectivity index (χ3v) is 3.14. The third kappa shape index (κ3) is 6.10. The summed E-state index contributed by atoms with van der Waals surface area (Å²) in [5.74, 6) is -0.383. The Hall–Kier alpha value is -2.49. The minimum absolute atomic E-state index is 0.0241. The lowest BCUT2D eigenvalue weighted by Crippen LogP contribution is -2.25. The Labute approximate surface area is 153 Å². The fourth-order valence-corrected chi connectivity index (χ4v) is 2.28. The van der Waals surface area contributed by atoms with Crippen LogP contribution in [0.15, 0.2) is 18.6 Å². The van der Waals surface area contributed by atoms with Crippen molar-refractivity contribution in [3.05, 3.63) is 24.3 Å². The van der Waals surface area contributed by atoms with E-state index in [0.29, 0.717) is 5.56 Å². The van der Waals surface area contributed by atoms with Crippen LogP contribution in [0.1, 0.15) is 45.1 Å². The highest BCUT2D eigenvalue weighted by Crippen LogP contribution is 2.23. The fraction of sp³-hybridized carbons (Fsp3) is 0.500. The van der Waals surface area contributed by atoms with Crippen molar-refractivity contribution in [2.45, 2.75) is 40.2 Å². The molecule has 2 rings (SSSR count). The second-order valence-corrected chi connectivity index (χ2v) is 7.64. The van der Waals surface area contributed by atoms with Gasteiger partial charge >= 0.3 is 16.1 Å². The first-order valence-corrected chi connectivity index (χ1v) is 9.75. The summed E-state index contributed by atoms with van der Waals surface area (Å²) < 4.78 is 33.6. The molecule has 0 aromatic carbocycles. The highest BCUT2D eigenvalue weighted by atomic mass is 32.2. The molecule has 0 aliphatic heterocycles. The second kappa shape index (κ2) is 8.26. The average molecular weight is 384 g/mol. The maximum Gasteiger partial charge on any atom is 0.357 e. The van der Waals surface area contributed by atoms with Crippen LogP contribution in [-0.2, 0) is 21.9 Å². The number of carbonyl (C=O) groups excluding carboxylic acids is 1. The zero-order valence-electron chi connectivity index (χ0n) is 16.0. The summed E-state index contributed by atoms with van der Waals surface area (Å²) in [6, 6.07) is 0. The van der Waals surface area contributed by atoms with E-state index < -0.39 is 21.7 Å². The Morgan fingerprint density at radius 2 is 1.65 bits per heavy atom. The highest BCUT2D eigenvalue weighted by molar-refractivity contribution is 7.86. The Bertz CT molecular complexity index is 852. The van der Waals surface area contributed by atoms with Gasteiger partial charge in [-0.2, -0.15) is 13.5 Å². The molecule has 144 valence electrons. The number of aromatic nitrogens is 4. The molecule has 2 heterocycles. The number of nitrogens with zero attached hydrogens (tertiary/aromatic N) is 4. The van der Waals surface area contributed by atoms with E-state index in [2.05, 4.69) is 19.2 Å². The molecule has 9 nitrogen and oxygen atoms in total. The van der Waals surface area contributed by atoms with Crippen molar-refractivity contribution in [2.24, 2.45) is 7.05 Å². The Balaban J connectivity index is 0.00000163. The monoisotopic (exact) mass is 384 g/mol. The second-order valence-electron chi connectivity index (χ2n) is 6.06. The van der Waals surface area contributed by atoms with Crippen LogP contribution in [0, 0.1) is 0 Å². The Kier molecular flexibility index (Phi) is 6.85. The molecule has 0 unspecified atom stereocenters. The van der Waals surface area contributed by atoms with Gasteiger partial charge in [-0.3, -0.25) is 4.68 Å². The zero-order valence-corrected chi connectivity index (χ0v) is 16.8. The van der Waals surface area contributed by atoms with Gasteiger partial charge in [0.1, 0.15) is 5.60 Å². The van der Waals surface area contributed by atoms with Crippen LogP contribution in [-0.4, -0.2) is 46.0 Å². The van der Waals surface area contributed by atoms with Gasteiger partial charge < -0.3 is 8.92 Å². The van der Waals surface area contributed by atoms with Crippen molar-refractivity contribution in [1.82, 2.24) is 19.7 Å². The van der Waals surface area contributed by atoms with Gasteiger partial charge in [-0.25, -0.2) is 14.8 Å². The summed E-state index contributed by atoms with van der Waals surface area (Å²) in [5.41, 5.74) is -0.0912. The Morgan fingerprint density at radius 3 is 2.12 bits per heavy atom. The van der Waals surface area contributed by atoms with Crippen LogP contribution in [0.5, 0.6) is 5.75 Å².